The van der Waals surface area contributed by atoms with Gasteiger partial charge in [-0.1, -0.05) is 35.9 Å². The van der Waals surface area contributed by atoms with Crippen molar-refractivity contribution in [1.82, 2.24) is 5.32 Å². The number of ketones is 2. The van der Waals surface area contributed by atoms with E-state index in [2.05, 4.69) is 5.32 Å². The summed E-state index contributed by atoms with van der Waals surface area (Å²) in [5.41, 5.74) is 0.304. The molecule has 1 N–H and O–H groups in total. The van der Waals surface area contributed by atoms with E-state index in [1.807, 2.05) is 0 Å². The van der Waals surface area contributed by atoms with Gasteiger partial charge in [-0.25, -0.2) is 13.2 Å². The number of rotatable bonds is 4. The second kappa shape index (κ2) is 7.90. The van der Waals surface area contributed by atoms with Crippen molar-refractivity contribution in [2.24, 2.45) is 0 Å². The lowest BCUT2D eigenvalue weighted by atomic mass is 9.83. The summed E-state index contributed by atoms with van der Waals surface area (Å²) in [6.45, 7) is -0.640. The molecular formula is C21H16ClNO7S. The first-order valence-electron chi connectivity index (χ1n) is 9.36. The summed E-state index contributed by atoms with van der Waals surface area (Å²) >= 11 is 6.29. The van der Waals surface area contributed by atoms with E-state index in [1.54, 1.807) is 18.2 Å². The Labute approximate surface area is 182 Å². The van der Waals surface area contributed by atoms with Crippen LogP contribution in [0, 0.1) is 0 Å². The molecule has 1 atom stereocenters. The normalized spacial score (nSPS) is 18.8. The van der Waals surface area contributed by atoms with Gasteiger partial charge in [-0.2, -0.15) is 0 Å². The van der Waals surface area contributed by atoms with Crippen molar-refractivity contribution in [2.75, 3.05) is 18.1 Å². The van der Waals surface area contributed by atoms with Gasteiger partial charge in [0, 0.05) is 22.7 Å². The van der Waals surface area contributed by atoms with E-state index in [0.717, 1.165) is 0 Å². The number of benzene rings is 2. The second-order valence-corrected chi connectivity index (χ2v) is 9.90. The van der Waals surface area contributed by atoms with Crippen molar-refractivity contribution in [3.05, 3.63) is 69.2 Å². The highest BCUT2D eigenvalue weighted by Gasteiger charge is 2.33. The number of fused-ring (bicyclic) bond motifs is 2. The molecule has 1 fully saturated rings. The summed E-state index contributed by atoms with van der Waals surface area (Å²) in [7, 11) is -3.16. The van der Waals surface area contributed by atoms with E-state index >= 15 is 0 Å². The molecule has 0 saturated carbocycles. The third-order valence-electron chi connectivity index (χ3n) is 5.18. The van der Waals surface area contributed by atoms with Crippen molar-refractivity contribution in [3.63, 3.8) is 0 Å². The molecule has 1 amide bonds. The molecule has 4 rings (SSSR count). The first-order chi connectivity index (χ1) is 14.7. The van der Waals surface area contributed by atoms with Gasteiger partial charge < -0.3 is 10.1 Å². The molecule has 0 aromatic heterocycles. The quantitative estimate of drug-likeness (QED) is 0.585. The molecule has 10 heteroatoms. The van der Waals surface area contributed by atoms with Gasteiger partial charge in [-0.05, 0) is 18.6 Å². The van der Waals surface area contributed by atoms with Crippen LogP contribution in [-0.4, -0.2) is 56.0 Å². The number of hydrogen-bond donors (Lipinski definition) is 1. The maximum Gasteiger partial charge on any atom is 0.340 e. The Kier molecular flexibility index (Phi) is 5.40. The molecule has 1 aliphatic heterocycles. The zero-order valence-electron chi connectivity index (χ0n) is 16.0. The Hall–Kier alpha value is -3.04. The van der Waals surface area contributed by atoms with Crippen LogP contribution >= 0.6 is 11.6 Å². The van der Waals surface area contributed by atoms with Crippen molar-refractivity contribution >= 4 is 44.9 Å². The average Bonchev–Trinajstić information content (AvgIpc) is 3.08. The van der Waals surface area contributed by atoms with E-state index < -0.39 is 40.1 Å². The Bertz CT molecular complexity index is 1250. The molecule has 0 radical (unpaired) electrons. The summed E-state index contributed by atoms with van der Waals surface area (Å²) in [5, 5.41) is 2.28. The van der Waals surface area contributed by atoms with Crippen LogP contribution in [0.3, 0.4) is 0 Å². The maximum atomic E-state index is 12.9. The summed E-state index contributed by atoms with van der Waals surface area (Å²) in [4.78, 5) is 50.0. The fraction of sp³-hybridized carbons (Fsp3) is 0.238. The Morgan fingerprint density at radius 3 is 2.35 bits per heavy atom. The number of sulfone groups is 1. The van der Waals surface area contributed by atoms with E-state index in [0.29, 0.717) is 6.42 Å². The zero-order chi connectivity index (χ0) is 22.3. The third kappa shape index (κ3) is 3.98. The molecule has 2 aliphatic rings. The summed E-state index contributed by atoms with van der Waals surface area (Å²) in [5.74, 6) is -2.60. The summed E-state index contributed by atoms with van der Waals surface area (Å²) < 4.78 is 27.9. The highest BCUT2D eigenvalue weighted by Crippen LogP contribution is 2.34. The number of nitrogens with one attached hydrogen (secondary N) is 1. The molecule has 2 aromatic rings. The van der Waals surface area contributed by atoms with Gasteiger partial charge in [-0.15, -0.1) is 0 Å². The SMILES string of the molecule is O=C(COC(=O)c1ccc2c(c1Cl)C(=O)c1ccccc1C2=O)N[C@H]1CCS(=O)(=O)C1. The molecule has 31 heavy (non-hydrogen) atoms. The summed E-state index contributed by atoms with van der Waals surface area (Å²) in [6.07, 6.45) is 0.302. The fourth-order valence-electron chi connectivity index (χ4n) is 3.69. The predicted molar refractivity (Wildman–Crippen MR) is 110 cm³/mol. The molecule has 2 aromatic carbocycles. The van der Waals surface area contributed by atoms with Crippen molar-refractivity contribution in [1.29, 1.82) is 0 Å². The molecule has 1 aliphatic carbocycles. The zero-order valence-corrected chi connectivity index (χ0v) is 17.6. The Morgan fingerprint density at radius 2 is 1.71 bits per heavy atom. The number of carbonyl (C=O) groups excluding carboxylic acids is 4. The monoisotopic (exact) mass is 461 g/mol. The maximum absolute atomic E-state index is 12.9. The van der Waals surface area contributed by atoms with Crippen LogP contribution < -0.4 is 5.32 Å². The lowest BCUT2D eigenvalue weighted by Crippen LogP contribution is -2.38. The molecular weight excluding hydrogens is 446 g/mol. The number of esters is 1. The van der Waals surface area contributed by atoms with E-state index in [9.17, 15) is 27.6 Å². The molecule has 0 bridgehead atoms. The van der Waals surface area contributed by atoms with Gasteiger partial charge in [0.05, 0.1) is 27.7 Å². The van der Waals surface area contributed by atoms with Gasteiger partial charge in [0.25, 0.3) is 5.91 Å². The molecule has 1 heterocycles. The standard InChI is InChI=1S/C21H16ClNO7S/c22-18-15(21(27)30-9-16(24)23-11-7-8-31(28,29)10-11)6-5-14-17(18)20(26)13-4-2-1-3-12(13)19(14)25/h1-6,11H,7-10H2,(H,23,24)/t11-/m0/s1. The first-order valence-corrected chi connectivity index (χ1v) is 11.6. The van der Waals surface area contributed by atoms with Crippen LogP contribution in [0.2, 0.25) is 5.02 Å². The molecule has 8 nitrogen and oxygen atoms in total. The van der Waals surface area contributed by atoms with E-state index in [4.69, 9.17) is 16.3 Å². The molecule has 0 spiro atoms. The smallest absolute Gasteiger partial charge is 0.340 e. The number of carbonyl (C=O) groups is 4. The molecule has 0 unspecified atom stereocenters. The van der Waals surface area contributed by atoms with Crippen LogP contribution in [0.4, 0.5) is 0 Å². The van der Waals surface area contributed by atoms with E-state index in [1.165, 1.54) is 18.2 Å². The van der Waals surface area contributed by atoms with Crippen molar-refractivity contribution in [3.8, 4) is 0 Å². The third-order valence-corrected chi connectivity index (χ3v) is 7.34. The van der Waals surface area contributed by atoms with Crippen molar-refractivity contribution < 1.29 is 32.3 Å². The van der Waals surface area contributed by atoms with E-state index in [-0.39, 0.29) is 50.1 Å². The number of amides is 1. The number of hydrogen-bond acceptors (Lipinski definition) is 7. The van der Waals surface area contributed by atoms with Gasteiger partial charge in [0.2, 0.25) is 0 Å². The van der Waals surface area contributed by atoms with Crippen LogP contribution in [0.1, 0.15) is 48.6 Å². The van der Waals surface area contributed by atoms with Crippen LogP contribution in [0.15, 0.2) is 36.4 Å². The highest BCUT2D eigenvalue weighted by atomic mass is 35.5. The van der Waals surface area contributed by atoms with Gasteiger partial charge in [-0.3, -0.25) is 14.4 Å². The minimum Gasteiger partial charge on any atom is -0.452 e. The lowest BCUT2D eigenvalue weighted by molar-refractivity contribution is -0.124. The number of halogens is 1. The minimum atomic E-state index is -3.16. The lowest BCUT2D eigenvalue weighted by Gasteiger charge is -2.19. The summed E-state index contributed by atoms with van der Waals surface area (Å²) in [6, 6.07) is 8.40. The Morgan fingerprint density at radius 1 is 1.03 bits per heavy atom. The van der Waals surface area contributed by atoms with Gasteiger partial charge in [0.15, 0.2) is 28.0 Å². The van der Waals surface area contributed by atoms with Crippen LogP contribution in [-0.2, 0) is 19.4 Å². The highest BCUT2D eigenvalue weighted by molar-refractivity contribution is 7.91. The van der Waals surface area contributed by atoms with Crippen molar-refractivity contribution in [2.45, 2.75) is 12.5 Å². The average molecular weight is 462 g/mol. The Balaban J connectivity index is 1.49. The van der Waals surface area contributed by atoms with Gasteiger partial charge >= 0.3 is 5.97 Å². The first kappa shape index (κ1) is 21.2. The molecule has 1 saturated heterocycles. The molecule has 160 valence electrons. The predicted octanol–water partition coefficient (Wildman–Crippen LogP) is 1.58. The minimum absolute atomic E-state index is 0.00164. The largest absolute Gasteiger partial charge is 0.452 e. The fourth-order valence-corrected chi connectivity index (χ4v) is 5.69. The number of ether oxygens (including phenoxy) is 1. The topological polar surface area (TPSA) is 124 Å². The second-order valence-electron chi connectivity index (χ2n) is 7.30. The van der Waals surface area contributed by atoms with Crippen LogP contribution in [0.25, 0.3) is 0 Å². The van der Waals surface area contributed by atoms with Crippen LogP contribution in [0.5, 0.6) is 0 Å². The van der Waals surface area contributed by atoms with Gasteiger partial charge in [0.1, 0.15) is 0 Å².